The second kappa shape index (κ2) is 10.3. The van der Waals surface area contributed by atoms with Gasteiger partial charge < -0.3 is 20.6 Å². The summed E-state index contributed by atoms with van der Waals surface area (Å²) in [5.74, 6) is -2.36. The van der Waals surface area contributed by atoms with E-state index >= 15 is 0 Å². The van der Waals surface area contributed by atoms with Crippen LogP contribution in [0, 0.1) is 0 Å². The van der Waals surface area contributed by atoms with Crippen molar-refractivity contribution in [3.8, 4) is 11.5 Å². The molecule has 4 rings (SSSR count). The second-order valence-corrected chi connectivity index (χ2v) is 7.25. The van der Waals surface area contributed by atoms with Crippen molar-refractivity contribution in [2.45, 2.75) is 38.0 Å². The lowest BCUT2D eigenvalue weighted by Gasteiger charge is -2.19. The van der Waals surface area contributed by atoms with Crippen LogP contribution in [0.5, 0.6) is 0 Å². The lowest BCUT2D eigenvalue weighted by Crippen LogP contribution is -2.26. The number of hydrogen-bond acceptors (Lipinski definition) is 6. The van der Waals surface area contributed by atoms with Gasteiger partial charge in [0.1, 0.15) is 6.26 Å². The smallest absolute Gasteiger partial charge is 0.475 e. The Morgan fingerprint density at radius 3 is 2.61 bits per heavy atom. The van der Waals surface area contributed by atoms with Crippen molar-refractivity contribution in [1.82, 2.24) is 20.1 Å². The number of aromatic nitrogens is 3. The third kappa shape index (κ3) is 6.42. The summed E-state index contributed by atoms with van der Waals surface area (Å²) in [6.07, 6.45) is -0.937. The minimum Gasteiger partial charge on any atom is -0.475 e. The van der Waals surface area contributed by atoms with Gasteiger partial charge >= 0.3 is 12.1 Å². The van der Waals surface area contributed by atoms with Gasteiger partial charge in [-0.25, -0.2) is 9.78 Å². The molecule has 0 saturated heterocycles. The number of alkyl halides is 3. The van der Waals surface area contributed by atoms with E-state index in [1.165, 1.54) is 0 Å². The molecule has 0 saturated carbocycles. The van der Waals surface area contributed by atoms with Crippen molar-refractivity contribution in [3.63, 3.8) is 0 Å². The molecule has 3 heterocycles. The maximum Gasteiger partial charge on any atom is 0.490 e. The lowest BCUT2D eigenvalue weighted by atomic mass is 10.1. The molecule has 9 nitrogen and oxygen atoms in total. The quantitative estimate of drug-likeness (QED) is 0.527. The van der Waals surface area contributed by atoms with Crippen LogP contribution < -0.4 is 11.1 Å². The first-order valence-corrected chi connectivity index (χ1v) is 10.1. The first-order valence-electron chi connectivity index (χ1n) is 10.1. The van der Waals surface area contributed by atoms with E-state index in [1.807, 2.05) is 35.0 Å². The number of carboxylic acids is 1. The average molecular weight is 465 g/mol. The summed E-state index contributed by atoms with van der Waals surface area (Å²) in [7, 11) is 0. The Bertz CT molecular complexity index is 1100. The maximum absolute atomic E-state index is 12.3. The molecular formula is C21H22F3N5O4. The van der Waals surface area contributed by atoms with E-state index in [1.54, 1.807) is 12.3 Å². The van der Waals surface area contributed by atoms with Crippen LogP contribution in [-0.2, 0) is 17.8 Å². The van der Waals surface area contributed by atoms with Gasteiger partial charge in [0.05, 0.1) is 11.4 Å². The zero-order valence-corrected chi connectivity index (χ0v) is 17.4. The maximum atomic E-state index is 12.3. The molecule has 12 heteroatoms. The van der Waals surface area contributed by atoms with Crippen LogP contribution in [-0.4, -0.2) is 44.5 Å². The molecular weight excluding hydrogens is 443 g/mol. The number of aliphatic carboxylic acids is 1. The van der Waals surface area contributed by atoms with Gasteiger partial charge in [0.25, 0.3) is 5.91 Å². The highest BCUT2D eigenvalue weighted by Crippen LogP contribution is 2.23. The molecule has 3 aromatic rings. The number of nitrogens with two attached hydrogens (primary N) is 1. The first-order chi connectivity index (χ1) is 15.6. The number of hydrogen-bond donors (Lipinski definition) is 3. The van der Waals surface area contributed by atoms with E-state index < -0.39 is 12.1 Å². The van der Waals surface area contributed by atoms with E-state index in [4.69, 9.17) is 20.1 Å². The lowest BCUT2D eigenvalue weighted by molar-refractivity contribution is -0.192. The van der Waals surface area contributed by atoms with Crippen LogP contribution in [0.15, 0.2) is 47.1 Å². The van der Waals surface area contributed by atoms with Gasteiger partial charge in [-0.2, -0.15) is 18.3 Å². The molecule has 1 amide bonds. The van der Waals surface area contributed by atoms with E-state index in [0.29, 0.717) is 24.6 Å². The fourth-order valence-electron chi connectivity index (χ4n) is 3.16. The number of halogens is 3. The van der Waals surface area contributed by atoms with Gasteiger partial charge in [0.15, 0.2) is 5.69 Å². The SMILES string of the molecule is NC1CCCn2nc(C(=O)NCCc3coc(-c4ccccc4)n3)cc21.O=C(O)C(F)(F)F. The van der Waals surface area contributed by atoms with E-state index in [0.717, 1.165) is 36.3 Å². The number of nitrogens with zero attached hydrogens (tertiary/aromatic N) is 3. The van der Waals surface area contributed by atoms with Crippen molar-refractivity contribution in [2.24, 2.45) is 5.73 Å². The number of fused-ring (bicyclic) bond motifs is 1. The Hall–Kier alpha value is -3.67. The fourth-order valence-corrected chi connectivity index (χ4v) is 3.16. The summed E-state index contributed by atoms with van der Waals surface area (Å²) in [4.78, 5) is 25.7. The van der Waals surface area contributed by atoms with Crippen molar-refractivity contribution >= 4 is 11.9 Å². The van der Waals surface area contributed by atoms with Crippen LogP contribution in [0.25, 0.3) is 11.5 Å². The van der Waals surface area contributed by atoms with Gasteiger partial charge in [-0.05, 0) is 31.0 Å². The number of oxazole rings is 1. The zero-order valence-electron chi connectivity index (χ0n) is 17.4. The molecule has 0 radical (unpaired) electrons. The Morgan fingerprint density at radius 2 is 1.97 bits per heavy atom. The molecule has 176 valence electrons. The van der Waals surface area contributed by atoms with E-state index in [2.05, 4.69) is 15.4 Å². The number of nitrogens with one attached hydrogen (secondary N) is 1. The molecule has 33 heavy (non-hydrogen) atoms. The van der Waals surface area contributed by atoms with Crippen molar-refractivity contribution in [1.29, 1.82) is 0 Å². The van der Waals surface area contributed by atoms with Gasteiger partial charge in [-0.1, -0.05) is 18.2 Å². The van der Waals surface area contributed by atoms with Crippen LogP contribution in [0.3, 0.4) is 0 Å². The van der Waals surface area contributed by atoms with Crippen LogP contribution in [0.1, 0.15) is 40.8 Å². The van der Waals surface area contributed by atoms with Crippen LogP contribution in [0.2, 0.25) is 0 Å². The summed E-state index contributed by atoms with van der Waals surface area (Å²) >= 11 is 0. The standard InChI is InChI=1S/C19H21N5O2.C2HF3O2/c20-15-7-4-10-24-17(15)11-16(23-24)18(25)21-9-8-14-12-26-19(22-14)13-5-2-1-3-6-13;3-2(4,5)1(6)7/h1-3,5-6,11-12,15H,4,7-10,20H2,(H,21,25);(H,6,7). The van der Waals surface area contributed by atoms with Crippen molar-refractivity contribution < 1.29 is 32.3 Å². The number of benzene rings is 1. The third-order valence-electron chi connectivity index (χ3n) is 4.79. The molecule has 1 atom stereocenters. The van der Waals surface area contributed by atoms with Crippen molar-refractivity contribution in [3.05, 3.63) is 59.7 Å². The molecule has 0 fully saturated rings. The van der Waals surface area contributed by atoms with E-state index in [9.17, 15) is 18.0 Å². The monoisotopic (exact) mass is 465 g/mol. The number of rotatable bonds is 5. The topological polar surface area (TPSA) is 136 Å². The largest absolute Gasteiger partial charge is 0.490 e. The van der Waals surface area contributed by atoms with Crippen LogP contribution >= 0.6 is 0 Å². The molecule has 4 N–H and O–H groups in total. The number of carbonyl (C=O) groups excluding carboxylic acids is 1. The van der Waals surface area contributed by atoms with Gasteiger partial charge in [0.2, 0.25) is 5.89 Å². The van der Waals surface area contributed by atoms with Gasteiger partial charge in [-0.3, -0.25) is 9.48 Å². The van der Waals surface area contributed by atoms with E-state index in [-0.39, 0.29) is 11.9 Å². The Labute approximate surface area is 186 Å². The molecule has 2 aromatic heterocycles. The summed E-state index contributed by atoms with van der Waals surface area (Å²) in [6, 6.07) is 11.5. The number of amides is 1. The summed E-state index contributed by atoms with van der Waals surface area (Å²) < 4.78 is 39.1. The molecule has 1 aliphatic rings. The molecule has 0 aliphatic carbocycles. The second-order valence-electron chi connectivity index (χ2n) is 7.25. The Balaban J connectivity index is 0.000000383. The molecule has 1 aliphatic heterocycles. The first kappa shape index (κ1) is 24.0. The Morgan fingerprint density at radius 1 is 1.27 bits per heavy atom. The average Bonchev–Trinajstić information content (AvgIpc) is 3.42. The van der Waals surface area contributed by atoms with Crippen molar-refractivity contribution in [2.75, 3.05) is 6.54 Å². The van der Waals surface area contributed by atoms with Gasteiger partial charge in [-0.15, -0.1) is 0 Å². The summed E-state index contributed by atoms with van der Waals surface area (Å²) in [5, 5.41) is 14.4. The molecule has 0 bridgehead atoms. The highest BCUT2D eigenvalue weighted by atomic mass is 19.4. The molecule has 1 unspecified atom stereocenters. The summed E-state index contributed by atoms with van der Waals surface area (Å²) in [6.45, 7) is 1.28. The Kier molecular flexibility index (Phi) is 7.48. The zero-order chi connectivity index (χ0) is 24.0. The third-order valence-corrected chi connectivity index (χ3v) is 4.79. The highest BCUT2D eigenvalue weighted by Gasteiger charge is 2.38. The predicted octanol–water partition coefficient (Wildman–Crippen LogP) is 2.94. The molecule has 0 spiro atoms. The minimum absolute atomic E-state index is 0.0377. The fraction of sp³-hybridized carbons (Fsp3) is 0.333. The highest BCUT2D eigenvalue weighted by molar-refractivity contribution is 5.92. The normalized spacial score (nSPS) is 15.2. The number of aryl methyl sites for hydroxylation is 1. The molecule has 1 aromatic carbocycles. The minimum atomic E-state index is -5.08. The van der Waals surface area contributed by atoms with Gasteiger partial charge in [0, 0.05) is 31.1 Å². The summed E-state index contributed by atoms with van der Waals surface area (Å²) in [5.41, 5.74) is 9.16. The number of carboxylic acid groups (broad SMARTS) is 1. The van der Waals surface area contributed by atoms with Crippen LogP contribution in [0.4, 0.5) is 13.2 Å². The predicted molar refractivity (Wildman–Crippen MR) is 110 cm³/mol. The number of carbonyl (C=O) groups is 2.